The van der Waals surface area contributed by atoms with Gasteiger partial charge in [-0.05, 0) is 49.9 Å². The highest BCUT2D eigenvalue weighted by molar-refractivity contribution is 6.35. The molecular weight excluding hydrogens is 281 g/mol. The van der Waals surface area contributed by atoms with Crippen molar-refractivity contribution in [1.82, 2.24) is 5.32 Å². The van der Waals surface area contributed by atoms with Gasteiger partial charge in [0.15, 0.2) is 0 Å². The van der Waals surface area contributed by atoms with Crippen molar-refractivity contribution in [2.24, 2.45) is 0 Å². The molecule has 1 heterocycles. The summed E-state index contributed by atoms with van der Waals surface area (Å²) in [5.41, 5.74) is 1.13. The van der Waals surface area contributed by atoms with E-state index in [1.165, 1.54) is 12.8 Å². The Balaban J connectivity index is 2.06. The summed E-state index contributed by atoms with van der Waals surface area (Å²) in [6.07, 6.45) is 4.73. The fourth-order valence-corrected chi connectivity index (χ4v) is 3.09. The molecule has 106 valence electrons. The zero-order chi connectivity index (χ0) is 13.7. The fourth-order valence-electron chi connectivity index (χ4n) is 2.60. The largest absolute Gasteiger partial charge is 0.377 e. The van der Waals surface area contributed by atoms with Crippen LogP contribution in [0.15, 0.2) is 18.2 Å². The van der Waals surface area contributed by atoms with Gasteiger partial charge in [-0.15, -0.1) is 0 Å². The summed E-state index contributed by atoms with van der Waals surface area (Å²) >= 11 is 12.2. The molecule has 1 aliphatic heterocycles. The maximum absolute atomic E-state index is 6.26. The number of rotatable bonds is 5. The van der Waals surface area contributed by atoms with E-state index in [9.17, 15) is 0 Å². The molecular formula is C15H21Cl2NO. The van der Waals surface area contributed by atoms with Crippen LogP contribution in [0.3, 0.4) is 0 Å². The van der Waals surface area contributed by atoms with Crippen LogP contribution in [0.5, 0.6) is 0 Å². The molecule has 0 aliphatic carbocycles. The minimum atomic E-state index is 0.292. The topological polar surface area (TPSA) is 21.3 Å². The lowest BCUT2D eigenvalue weighted by Crippen LogP contribution is -2.44. The number of hydrogen-bond donors (Lipinski definition) is 1. The summed E-state index contributed by atoms with van der Waals surface area (Å²) in [7, 11) is 0. The highest BCUT2D eigenvalue weighted by atomic mass is 35.5. The zero-order valence-electron chi connectivity index (χ0n) is 11.3. The first kappa shape index (κ1) is 15.1. The van der Waals surface area contributed by atoms with Gasteiger partial charge < -0.3 is 10.1 Å². The standard InChI is InChI=1S/C15H21Cl2NO/c1-2-18-14(15-5-3-4-8-19-15)9-11-6-7-12(16)10-13(11)17/h6-7,10,14-15,18H,2-5,8-9H2,1H3. The molecule has 0 spiro atoms. The number of hydrogen-bond acceptors (Lipinski definition) is 2. The Morgan fingerprint density at radius 2 is 2.21 bits per heavy atom. The third kappa shape index (κ3) is 4.35. The van der Waals surface area contributed by atoms with Gasteiger partial charge >= 0.3 is 0 Å². The Morgan fingerprint density at radius 3 is 2.84 bits per heavy atom. The average Bonchev–Trinajstić information content (AvgIpc) is 2.42. The van der Waals surface area contributed by atoms with Crippen LogP contribution in [0.25, 0.3) is 0 Å². The first-order valence-electron chi connectivity index (χ1n) is 6.99. The monoisotopic (exact) mass is 301 g/mol. The summed E-state index contributed by atoms with van der Waals surface area (Å²) in [6, 6.07) is 6.04. The second kappa shape index (κ2) is 7.49. The van der Waals surface area contributed by atoms with E-state index in [1.54, 1.807) is 0 Å². The van der Waals surface area contributed by atoms with E-state index in [2.05, 4.69) is 12.2 Å². The third-order valence-electron chi connectivity index (χ3n) is 3.58. The molecule has 19 heavy (non-hydrogen) atoms. The molecule has 1 fully saturated rings. The van der Waals surface area contributed by atoms with E-state index in [-0.39, 0.29) is 0 Å². The molecule has 0 radical (unpaired) electrons. The Labute approximate surface area is 125 Å². The van der Waals surface area contributed by atoms with E-state index in [0.29, 0.717) is 17.2 Å². The van der Waals surface area contributed by atoms with Gasteiger partial charge in [-0.1, -0.05) is 36.2 Å². The first-order chi connectivity index (χ1) is 9.20. The van der Waals surface area contributed by atoms with Crippen LogP contribution in [0.4, 0.5) is 0 Å². The van der Waals surface area contributed by atoms with Crippen molar-refractivity contribution in [3.05, 3.63) is 33.8 Å². The van der Waals surface area contributed by atoms with Crippen LogP contribution in [0.2, 0.25) is 10.0 Å². The number of nitrogens with one attached hydrogen (secondary N) is 1. The quantitative estimate of drug-likeness (QED) is 0.885. The Kier molecular flexibility index (Phi) is 5.96. The fraction of sp³-hybridized carbons (Fsp3) is 0.600. The average molecular weight is 302 g/mol. The van der Waals surface area contributed by atoms with Crippen LogP contribution in [-0.2, 0) is 11.2 Å². The number of likely N-dealkylation sites (N-methyl/N-ethyl adjacent to an activating group) is 1. The maximum atomic E-state index is 6.26. The van der Waals surface area contributed by atoms with E-state index >= 15 is 0 Å². The van der Waals surface area contributed by atoms with Crippen molar-refractivity contribution in [2.75, 3.05) is 13.2 Å². The third-order valence-corrected chi connectivity index (χ3v) is 4.17. The SMILES string of the molecule is CCNC(Cc1ccc(Cl)cc1Cl)C1CCCCO1. The molecule has 1 aromatic carbocycles. The molecule has 0 aromatic heterocycles. The van der Waals surface area contributed by atoms with Gasteiger partial charge in [-0.25, -0.2) is 0 Å². The van der Waals surface area contributed by atoms with E-state index < -0.39 is 0 Å². The van der Waals surface area contributed by atoms with Crippen molar-refractivity contribution in [3.63, 3.8) is 0 Å². The normalized spacial score (nSPS) is 21.3. The van der Waals surface area contributed by atoms with Crippen molar-refractivity contribution < 1.29 is 4.74 Å². The molecule has 1 aliphatic rings. The lowest BCUT2D eigenvalue weighted by Gasteiger charge is -2.31. The van der Waals surface area contributed by atoms with Crippen molar-refractivity contribution in [3.8, 4) is 0 Å². The van der Waals surface area contributed by atoms with E-state index in [1.807, 2.05) is 18.2 Å². The predicted molar refractivity (Wildman–Crippen MR) is 81.2 cm³/mol. The molecule has 0 saturated carbocycles. The highest BCUT2D eigenvalue weighted by Gasteiger charge is 2.24. The van der Waals surface area contributed by atoms with Crippen LogP contribution < -0.4 is 5.32 Å². The van der Waals surface area contributed by atoms with Crippen LogP contribution in [0.1, 0.15) is 31.7 Å². The predicted octanol–water partition coefficient (Wildman–Crippen LogP) is 4.08. The number of ether oxygens (including phenoxy) is 1. The molecule has 0 amide bonds. The Hall–Kier alpha value is -0.280. The second-order valence-electron chi connectivity index (χ2n) is 5.01. The smallest absolute Gasteiger partial charge is 0.0731 e. The van der Waals surface area contributed by atoms with Crippen LogP contribution in [-0.4, -0.2) is 25.3 Å². The lowest BCUT2D eigenvalue weighted by molar-refractivity contribution is -0.00708. The molecule has 1 aromatic rings. The van der Waals surface area contributed by atoms with Gasteiger partial charge in [-0.3, -0.25) is 0 Å². The molecule has 1 saturated heterocycles. The summed E-state index contributed by atoms with van der Waals surface area (Å²) in [4.78, 5) is 0. The zero-order valence-corrected chi connectivity index (χ0v) is 12.8. The van der Waals surface area contributed by atoms with Crippen molar-refractivity contribution >= 4 is 23.2 Å². The lowest BCUT2D eigenvalue weighted by atomic mass is 9.96. The van der Waals surface area contributed by atoms with E-state index in [0.717, 1.165) is 36.6 Å². The van der Waals surface area contributed by atoms with E-state index in [4.69, 9.17) is 27.9 Å². The summed E-state index contributed by atoms with van der Waals surface area (Å²) < 4.78 is 5.90. The van der Waals surface area contributed by atoms with Crippen molar-refractivity contribution in [2.45, 2.75) is 44.8 Å². The highest BCUT2D eigenvalue weighted by Crippen LogP contribution is 2.25. The van der Waals surface area contributed by atoms with Gasteiger partial charge in [0.05, 0.1) is 6.10 Å². The molecule has 4 heteroatoms. The first-order valence-corrected chi connectivity index (χ1v) is 7.75. The molecule has 2 unspecified atom stereocenters. The Morgan fingerprint density at radius 1 is 1.37 bits per heavy atom. The summed E-state index contributed by atoms with van der Waals surface area (Å²) in [5, 5.41) is 4.95. The van der Waals surface area contributed by atoms with Gasteiger partial charge in [0.25, 0.3) is 0 Å². The molecule has 2 nitrogen and oxygen atoms in total. The van der Waals surface area contributed by atoms with Crippen LogP contribution in [0, 0.1) is 0 Å². The number of benzene rings is 1. The minimum absolute atomic E-state index is 0.292. The summed E-state index contributed by atoms with van der Waals surface area (Å²) in [6.45, 7) is 3.94. The molecule has 2 rings (SSSR count). The molecule has 0 bridgehead atoms. The second-order valence-corrected chi connectivity index (χ2v) is 5.85. The molecule has 2 atom stereocenters. The van der Waals surface area contributed by atoms with Gasteiger partial charge in [-0.2, -0.15) is 0 Å². The van der Waals surface area contributed by atoms with Gasteiger partial charge in [0, 0.05) is 22.7 Å². The molecule has 1 N–H and O–H groups in total. The minimum Gasteiger partial charge on any atom is -0.377 e. The Bertz CT molecular complexity index is 405. The van der Waals surface area contributed by atoms with Gasteiger partial charge in [0.2, 0.25) is 0 Å². The van der Waals surface area contributed by atoms with Gasteiger partial charge in [0.1, 0.15) is 0 Å². The van der Waals surface area contributed by atoms with Crippen LogP contribution >= 0.6 is 23.2 Å². The number of halogens is 2. The maximum Gasteiger partial charge on any atom is 0.0731 e. The van der Waals surface area contributed by atoms with Crippen molar-refractivity contribution in [1.29, 1.82) is 0 Å². The summed E-state index contributed by atoms with van der Waals surface area (Å²) in [5.74, 6) is 0.